The molecule has 94 valence electrons. The Bertz CT molecular complexity index is 394. The van der Waals surface area contributed by atoms with Gasteiger partial charge < -0.3 is 15.4 Å². The predicted molar refractivity (Wildman–Crippen MR) is 68.2 cm³/mol. The van der Waals surface area contributed by atoms with Gasteiger partial charge in [0, 0.05) is 12.1 Å². The molecule has 1 aliphatic heterocycles. The van der Waals surface area contributed by atoms with E-state index in [1.54, 1.807) is 6.33 Å². The number of nitrogen functional groups attached to an aromatic ring is 1. The molecule has 1 aromatic heterocycles. The fourth-order valence-corrected chi connectivity index (χ4v) is 2.22. The van der Waals surface area contributed by atoms with Gasteiger partial charge in [-0.15, -0.1) is 0 Å². The zero-order chi connectivity index (χ0) is 12.4. The Labute approximate surface area is 102 Å². The van der Waals surface area contributed by atoms with Gasteiger partial charge in [-0.25, -0.2) is 9.97 Å². The molecule has 0 aliphatic carbocycles. The Balaban J connectivity index is 2.40. The lowest BCUT2D eigenvalue weighted by Gasteiger charge is -2.36. The summed E-state index contributed by atoms with van der Waals surface area (Å²) in [6.07, 6.45) is 1.54. The first kappa shape index (κ1) is 12.1. The summed E-state index contributed by atoms with van der Waals surface area (Å²) in [6.45, 7) is 8.71. The number of morpholine rings is 1. The molecule has 1 atom stereocenters. The van der Waals surface area contributed by atoms with E-state index in [1.165, 1.54) is 0 Å². The van der Waals surface area contributed by atoms with E-state index in [2.05, 4.69) is 35.6 Å². The molecule has 2 heterocycles. The van der Waals surface area contributed by atoms with Crippen LogP contribution in [0.2, 0.25) is 0 Å². The van der Waals surface area contributed by atoms with Gasteiger partial charge in [-0.1, -0.05) is 13.8 Å². The van der Waals surface area contributed by atoms with E-state index in [4.69, 9.17) is 10.5 Å². The van der Waals surface area contributed by atoms with E-state index in [0.717, 1.165) is 31.1 Å². The van der Waals surface area contributed by atoms with Gasteiger partial charge in [0.2, 0.25) is 0 Å². The monoisotopic (exact) mass is 236 g/mol. The topological polar surface area (TPSA) is 64.3 Å². The Morgan fingerprint density at radius 1 is 1.47 bits per heavy atom. The number of hydrogen-bond acceptors (Lipinski definition) is 5. The number of nitrogens with two attached hydrogens (primary N) is 1. The molecule has 5 nitrogen and oxygen atoms in total. The molecule has 0 amide bonds. The van der Waals surface area contributed by atoms with Crippen molar-refractivity contribution < 1.29 is 4.74 Å². The van der Waals surface area contributed by atoms with Gasteiger partial charge in [-0.2, -0.15) is 0 Å². The normalized spacial score (nSPS) is 20.9. The minimum Gasteiger partial charge on any atom is -0.383 e. The fraction of sp³-hybridized carbons (Fsp3) is 0.667. The number of hydrogen-bond donors (Lipinski definition) is 1. The summed E-state index contributed by atoms with van der Waals surface area (Å²) < 4.78 is 5.45. The number of rotatable bonds is 2. The molecular formula is C12H20N4O. The van der Waals surface area contributed by atoms with Gasteiger partial charge in [0.25, 0.3) is 0 Å². The first-order valence-electron chi connectivity index (χ1n) is 6.06. The first-order valence-corrected chi connectivity index (χ1v) is 6.06. The van der Waals surface area contributed by atoms with Crippen molar-refractivity contribution in [3.8, 4) is 0 Å². The highest BCUT2D eigenvalue weighted by Gasteiger charge is 2.24. The second-order valence-corrected chi connectivity index (χ2v) is 4.77. The van der Waals surface area contributed by atoms with Gasteiger partial charge in [0.05, 0.1) is 19.3 Å². The van der Waals surface area contributed by atoms with Crippen molar-refractivity contribution in [3.63, 3.8) is 0 Å². The van der Waals surface area contributed by atoms with Gasteiger partial charge >= 0.3 is 0 Å². The molecule has 1 saturated heterocycles. The summed E-state index contributed by atoms with van der Waals surface area (Å²) in [5, 5.41) is 0. The molecule has 0 bridgehead atoms. The molecule has 0 radical (unpaired) electrons. The van der Waals surface area contributed by atoms with Crippen molar-refractivity contribution in [2.24, 2.45) is 0 Å². The van der Waals surface area contributed by atoms with E-state index >= 15 is 0 Å². The maximum Gasteiger partial charge on any atom is 0.137 e. The number of ether oxygens (including phenoxy) is 1. The second kappa shape index (κ2) is 4.87. The van der Waals surface area contributed by atoms with E-state index < -0.39 is 0 Å². The highest BCUT2D eigenvalue weighted by molar-refractivity contribution is 5.58. The van der Waals surface area contributed by atoms with Crippen molar-refractivity contribution in [2.45, 2.75) is 32.7 Å². The molecule has 0 spiro atoms. The van der Waals surface area contributed by atoms with Crippen molar-refractivity contribution in [1.29, 1.82) is 0 Å². The van der Waals surface area contributed by atoms with Crippen LogP contribution in [-0.2, 0) is 4.74 Å². The maximum atomic E-state index is 5.97. The zero-order valence-corrected chi connectivity index (χ0v) is 10.7. The van der Waals surface area contributed by atoms with Crippen LogP contribution >= 0.6 is 0 Å². The molecule has 5 heteroatoms. The molecule has 2 N–H and O–H groups in total. The van der Waals surface area contributed by atoms with Crippen LogP contribution in [0.3, 0.4) is 0 Å². The van der Waals surface area contributed by atoms with E-state index in [1.807, 2.05) is 0 Å². The molecule has 0 aromatic carbocycles. The maximum absolute atomic E-state index is 5.97. The molecule has 1 aliphatic rings. The van der Waals surface area contributed by atoms with Crippen LogP contribution in [0.4, 0.5) is 11.6 Å². The van der Waals surface area contributed by atoms with Crippen molar-refractivity contribution >= 4 is 11.6 Å². The van der Waals surface area contributed by atoms with Crippen LogP contribution in [0.5, 0.6) is 0 Å². The van der Waals surface area contributed by atoms with Crippen molar-refractivity contribution in [2.75, 3.05) is 30.4 Å². The quantitative estimate of drug-likeness (QED) is 0.841. The number of anilines is 2. The lowest BCUT2D eigenvalue weighted by Crippen LogP contribution is -2.44. The van der Waals surface area contributed by atoms with Crippen LogP contribution in [0, 0.1) is 0 Å². The Hall–Kier alpha value is -1.36. The third-order valence-electron chi connectivity index (χ3n) is 3.11. The SMILES string of the molecule is CC(C)c1c(N)ncnc1N1CCOCC1C. The highest BCUT2D eigenvalue weighted by Crippen LogP contribution is 2.30. The second-order valence-electron chi connectivity index (χ2n) is 4.77. The van der Waals surface area contributed by atoms with Gasteiger partial charge in [0.15, 0.2) is 0 Å². The molecule has 2 rings (SSSR count). The Morgan fingerprint density at radius 2 is 2.24 bits per heavy atom. The summed E-state index contributed by atoms with van der Waals surface area (Å²) in [5.41, 5.74) is 7.01. The summed E-state index contributed by atoms with van der Waals surface area (Å²) in [4.78, 5) is 10.8. The molecular weight excluding hydrogens is 216 g/mol. The third kappa shape index (κ3) is 2.34. The van der Waals surface area contributed by atoms with E-state index in [9.17, 15) is 0 Å². The third-order valence-corrected chi connectivity index (χ3v) is 3.11. The van der Waals surface area contributed by atoms with E-state index in [-0.39, 0.29) is 0 Å². The average molecular weight is 236 g/mol. The fourth-order valence-electron chi connectivity index (χ4n) is 2.22. The largest absolute Gasteiger partial charge is 0.383 e. The molecule has 0 saturated carbocycles. The van der Waals surface area contributed by atoms with E-state index in [0.29, 0.717) is 17.8 Å². The Kier molecular flexibility index (Phi) is 3.47. The minimum atomic E-state index is 0.321. The van der Waals surface area contributed by atoms with Crippen LogP contribution in [0.15, 0.2) is 6.33 Å². The van der Waals surface area contributed by atoms with Gasteiger partial charge in [-0.05, 0) is 12.8 Å². The molecule has 17 heavy (non-hydrogen) atoms. The smallest absolute Gasteiger partial charge is 0.137 e. The summed E-state index contributed by atoms with van der Waals surface area (Å²) in [7, 11) is 0. The molecule has 1 unspecified atom stereocenters. The van der Waals surface area contributed by atoms with Crippen molar-refractivity contribution in [3.05, 3.63) is 11.9 Å². The molecule has 1 fully saturated rings. The summed E-state index contributed by atoms with van der Waals surface area (Å²) in [6, 6.07) is 0.329. The van der Waals surface area contributed by atoms with Gasteiger partial charge in [-0.3, -0.25) is 0 Å². The highest BCUT2D eigenvalue weighted by atomic mass is 16.5. The lowest BCUT2D eigenvalue weighted by molar-refractivity contribution is 0.0984. The number of nitrogens with zero attached hydrogens (tertiary/aromatic N) is 3. The molecule has 1 aromatic rings. The summed E-state index contributed by atoms with van der Waals surface area (Å²) in [5.74, 6) is 1.87. The van der Waals surface area contributed by atoms with Crippen LogP contribution in [0.25, 0.3) is 0 Å². The number of aromatic nitrogens is 2. The Morgan fingerprint density at radius 3 is 2.88 bits per heavy atom. The van der Waals surface area contributed by atoms with Crippen LogP contribution in [0.1, 0.15) is 32.3 Å². The zero-order valence-electron chi connectivity index (χ0n) is 10.7. The predicted octanol–water partition coefficient (Wildman–Crippen LogP) is 1.41. The van der Waals surface area contributed by atoms with Crippen LogP contribution in [-0.4, -0.2) is 35.8 Å². The van der Waals surface area contributed by atoms with Crippen molar-refractivity contribution in [1.82, 2.24) is 9.97 Å². The lowest BCUT2D eigenvalue weighted by atomic mass is 10.0. The standard InChI is InChI=1S/C12H20N4O/c1-8(2)10-11(13)14-7-15-12(10)16-4-5-17-6-9(16)3/h7-9H,4-6H2,1-3H3,(H2,13,14,15). The van der Waals surface area contributed by atoms with Crippen LogP contribution < -0.4 is 10.6 Å². The average Bonchev–Trinajstić information content (AvgIpc) is 2.28. The van der Waals surface area contributed by atoms with Gasteiger partial charge in [0.1, 0.15) is 18.0 Å². The minimum absolute atomic E-state index is 0.321. The first-order chi connectivity index (χ1) is 8.11. The summed E-state index contributed by atoms with van der Waals surface area (Å²) >= 11 is 0.